The van der Waals surface area contributed by atoms with Gasteiger partial charge in [-0.3, -0.25) is 0 Å². The van der Waals surface area contributed by atoms with Crippen LogP contribution in [0.3, 0.4) is 0 Å². The molecule has 4 heteroatoms. The van der Waals surface area contributed by atoms with Gasteiger partial charge in [-0.05, 0) is 42.2 Å². The van der Waals surface area contributed by atoms with Gasteiger partial charge < -0.3 is 10.6 Å². The van der Waals surface area contributed by atoms with Crippen molar-refractivity contribution in [3.63, 3.8) is 0 Å². The Labute approximate surface area is 130 Å². The highest BCUT2D eigenvalue weighted by Crippen LogP contribution is 2.14. The van der Waals surface area contributed by atoms with Crippen LogP contribution in [0.4, 0.5) is 10.5 Å². The molecule has 0 aliphatic heterocycles. The fourth-order valence-corrected chi connectivity index (χ4v) is 2.19. The highest BCUT2D eigenvalue weighted by molar-refractivity contribution is 6.30. The van der Waals surface area contributed by atoms with Gasteiger partial charge in [0.05, 0.1) is 0 Å². The summed E-state index contributed by atoms with van der Waals surface area (Å²) in [6.07, 6.45) is 1.85. The van der Waals surface area contributed by atoms with Crippen molar-refractivity contribution in [3.8, 4) is 0 Å². The van der Waals surface area contributed by atoms with E-state index in [1.807, 2.05) is 0 Å². The molecule has 0 atom stereocenters. The highest BCUT2D eigenvalue weighted by Gasteiger charge is 2.01. The van der Waals surface area contributed by atoms with Gasteiger partial charge in [0.25, 0.3) is 0 Å². The third-order valence-electron chi connectivity index (χ3n) is 3.21. The van der Waals surface area contributed by atoms with E-state index in [-0.39, 0.29) is 6.03 Å². The van der Waals surface area contributed by atoms with E-state index >= 15 is 0 Å². The van der Waals surface area contributed by atoms with Crippen LogP contribution in [0, 0.1) is 0 Å². The van der Waals surface area contributed by atoms with E-state index in [2.05, 4.69) is 41.8 Å². The molecule has 0 heterocycles. The molecule has 110 valence electrons. The van der Waals surface area contributed by atoms with Gasteiger partial charge in [-0.25, -0.2) is 4.79 Å². The van der Waals surface area contributed by atoms with E-state index < -0.39 is 0 Å². The molecule has 2 amide bonds. The second kappa shape index (κ2) is 7.70. The predicted molar refractivity (Wildman–Crippen MR) is 88.0 cm³/mol. The van der Waals surface area contributed by atoms with Gasteiger partial charge in [0.1, 0.15) is 0 Å². The van der Waals surface area contributed by atoms with Crippen LogP contribution in [0.1, 0.15) is 18.1 Å². The summed E-state index contributed by atoms with van der Waals surface area (Å²) in [6, 6.07) is 15.3. The minimum absolute atomic E-state index is 0.220. The Hall–Kier alpha value is -2.00. The minimum Gasteiger partial charge on any atom is -0.338 e. The van der Waals surface area contributed by atoms with Gasteiger partial charge in [0.15, 0.2) is 0 Å². The number of carbonyl (C=O) groups is 1. The first-order valence-electron chi connectivity index (χ1n) is 7.05. The molecule has 2 aromatic carbocycles. The normalized spacial score (nSPS) is 10.2. The summed E-state index contributed by atoms with van der Waals surface area (Å²) in [7, 11) is 0. The number of hydrogen-bond donors (Lipinski definition) is 2. The summed E-state index contributed by atoms with van der Waals surface area (Å²) in [6.45, 7) is 2.73. The average Bonchev–Trinajstić information content (AvgIpc) is 2.48. The van der Waals surface area contributed by atoms with Crippen LogP contribution in [0.25, 0.3) is 0 Å². The molecule has 0 spiro atoms. The first kappa shape index (κ1) is 15.4. The van der Waals surface area contributed by atoms with Crippen molar-refractivity contribution in [2.75, 3.05) is 11.9 Å². The van der Waals surface area contributed by atoms with E-state index in [1.165, 1.54) is 11.1 Å². The van der Waals surface area contributed by atoms with Crippen molar-refractivity contribution in [2.45, 2.75) is 19.8 Å². The fourth-order valence-electron chi connectivity index (χ4n) is 2.00. The highest BCUT2D eigenvalue weighted by atomic mass is 35.5. The number of hydrogen-bond acceptors (Lipinski definition) is 1. The molecule has 3 nitrogen and oxygen atoms in total. The second-order valence-corrected chi connectivity index (χ2v) is 5.25. The van der Waals surface area contributed by atoms with Crippen LogP contribution in [0.15, 0.2) is 48.5 Å². The van der Waals surface area contributed by atoms with E-state index in [0.29, 0.717) is 17.3 Å². The number of halogens is 1. The minimum atomic E-state index is -0.220. The van der Waals surface area contributed by atoms with E-state index in [9.17, 15) is 4.79 Å². The number of urea groups is 1. The zero-order chi connectivity index (χ0) is 15.1. The molecule has 0 saturated carbocycles. The maximum absolute atomic E-state index is 11.7. The summed E-state index contributed by atoms with van der Waals surface area (Å²) in [5.41, 5.74) is 3.23. The van der Waals surface area contributed by atoms with Crippen molar-refractivity contribution in [1.82, 2.24) is 5.32 Å². The van der Waals surface area contributed by atoms with Crippen LogP contribution in [-0.2, 0) is 12.8 Å². The smallest absolute Gasteiger partial charge is 0.319 e. The van der Waals surface area contributed by atoms with E-state index in [4.69, 9.17) is 11.6 Å². The first-order chi connectivity index (χ1) is 10.2. The molecule has 2 N–H and O–H groups in total. The number of nitrogens with one attached hydrogen (secondary N) is 2. The second-order valence-electron chi connectivity index (χ2n) is 4.81. The Morgan fingerprint density at radius 2 is 1.81 bits per heavy atom. The summed E-state index contributed by atoms with van der Waals surface area (Å²) < 4.78 is 0. The van der Waals surface area contributed by atoms with Crippen LogP contribution in [0.5, 0.6) is 0 Å². The zero-order valence-electron chi connectivity index (χ0n) is 12.0. The Morgan fingerprint density at radius 3 is 2.48 bits per heavy atom. The topological polar surface area (TPSA) is 41.1 Å². The van der Waals surface area contributed by atoms with E-state index in [0.717, 1.165) is 12.8 Å². The summed E-state index contributed by atoms with van der Waals surface area (Å²) in [4.78, 5) is 11.7. The summed E-state index contributed by atoms with van der Waals surface area (Å²) in [5.74, 6) is 0. The van der Waals surface area contributed by atoms with Crippen LogP contribution in [-0.4, -0.2) is 12.6 Å². The number of anilines is 1. The molecular formula is C17H19ClN2O. The molecule has 0 aromatic heterocycles. The lowest BCUT2D eigenvalue weighted by Gasteiger charge is -2.08. The van der Waals surface area contributed by atoms with Gasteiger partial charge >= 0.3 is 6.03 Å². The van der Waals surface area contributed by atoms with Crippen LogP contribution in [0.2, 0.25) is 5.02 Å². The third kappa shape index (κ3) is 5.12. The largest absolute Gasteiger partial charge is 0.338 e. The zero-order valence-corrected chi connectivity index (χ0v) is 12.8. The molecular weight excluding hydrogens is 284 g/mol. The van der Waals surface area contributed by atoms with Gasteiger partial charge in [0.2, 0.25) is 0 Å². The van der Waals surface area contributed by atoms with Crippen LogP contribution < -0.4 is 10.6 Å². The maximum atomic E-state index is 11.7. The Morgan fingerprint density at radius 1 is 1.10 bits per heavy atom. The first-order valence-corrected chi connectivity index (χ1v) is 7.43. The van der Waals surface area contributed by atoms with Crippen molar-refractivity contribution < 1.29 is 4.79 Å². The lowest BCUT2D eigenvalue weighted by Crippen LogP contribution is -2.30. The third-order valence-corrected chi connectivity index (χ3v) is 3.45. The molecule has 21 heavy (non-hydrogen) atoms. The monoisotopic (exact) mass is 302 g/mol. The molecule has 0 radical (unpaired) electrons. The fraction of sp³-hybridized carbons (Fsp3) is 0.235. The number of benzene rings is 2. The lowest BCUT2D eigenvalue weighted by atomic mass is 10.1. The van der Waals surface area contributed by atoms with E-state index in [1.54, 1.807) is 24.3 Å². The number of carbonyl (C=O) groups excluding carboxylic acids is 1. The van der Waals surface area contributed by atoms with Gasteiger partial charge in [-0.1, -0.05) is 48.9 Å². The molecule has 2 rings (SSSR count). The Bertz CT molecular complexity index is 596. The lowest BCUT2D eigenvalue weighted by molar-refractivity contribution is 0.252. The number of amides is 2. The molecule has 0 aliphatic rings. The molecule has 0 saturated heterocycles. The Balaban J connectivity index is 1.76. The number of rotatable bonds is 5. The quantitative estimate of drug-likeness (QED) is 0.851. The summed E-state index contributed by atoms with van der Waals surface area (Å²) in [5, 5.41) is 6.19. The van der Waals surface area contributed by atoms with Gasteiger partial charge in [-0.2, -0.15) is 0 Å². The van der Waals surface area contributed by atoms with Gasteiger partial charge in [0, 0.05) is 17.3 Å². The molecule has 2 aromatic rings. The van der Waals surface area contributed by atoms with Crippen molar-refractivity contribution >= 4 is 23.3 Å². The van der Waals surface area contributed by atoms with Crippen molar-refractivity contribution in [3.05, 3.63) is 64.7 Å². The SMILES string of the molecule is CCc1ccc(CCNC(=O)Nc2cccc(Cl)c2)cc1. The summed E-state index contributed by atoms with van der Waals surface area (Å²) >= 11 is 5.87. The molecule has 0 fully saturated rings. The number of aryl methyl sites for hydroxylation is 1. The molecule has 0 unspecified atom stereocenters. The van der Waals surface area contributed by atoms with Crippen LogP contribution >= 0.6 is 11.6 Å². The molecule has 0 bridgehead atoms. The van der Waals surface area contributed by atoms with Crippen molar-refractivity contribution in [1.29, 1.82) is 0 Å². The maximum Gasteiger partial charge on any atom is 0.319 e. The van der Waals surface area contributed by atoms with Gasteiger partial charge in [-0.15, -0.1) is 0 Å². The van der Waals surface area contributed by atoms with Crippen molar-refractivity contribution in [2.24, 2.45) is 0 Å². The predicted octanol–water partition coefficient (Wildman–Crippen LogP) is 4.27. The molecule has 0 aliphatic carbocycles. The average molecular weight is 303 g/mol. The Kier molecular flexibility index (Phi) is 5.64. The standard InChI is InChI=1S/C17H19ClN2O/c1-2-13-6-8-14(9-7-13)10-11-19-17(21)20-16-5-3-4-15(18)12-16/h3-9,12H,2,10-11H2,1H3,(H2,19,20,21).